The topological polar surface area (TPSA) is 55.1 Å². The SMILES string of the molecule is CC(C)(CNC(=O)c1ccc(C#CCN)s1)c1cccs1. The molecule has 0 aliphatic heterocycles. The van der Waals surface area contributed by atoms with Crippen LogP contribution in [0.15, 0.2) is 29.6 Å². The number of hydrogen-bond acceptors (Lipinski definition) is 4. The van der Waals surface area contributed by atoms with E-state index in [9.17, 15) is 4.79 Å². The molecule has 0 aliphatic carbocycles. The zero-order valence-electron chi connectivity index (χ0n) is 12.1. The Morgan fingerprint density at radius 3 is 2.86 bits per heavy atom. The molecule has 3 N–H and O–H groups in total. The van der Waals surface area contributed by atoms with Crippen LogP contribution in [0.4, 0.5) is 0 Å². The van der Waals surface area contributed by atoms with E-state index in [0.717, 1.165) is 4.88 Å². The van der Waals surface area contributed by atoms with Crippen LogP contribution in [0.25, 0.3) is 0 Å². The largest absolute Gasteiger partial charge is 0.350 e. The molecule has 3 nitrogen and oxygen atoms in total. The Kier molecular flexibility index (Phi) is 5.18. The fourth-order valence-corrected chi connectivity index (χ4v) is 3.45. The molecule has 110 valence electrons. The number of carbonyl (C=O) groups excluding carboxylic acids is 1. The van der Waals surface area contributed by atoms with Crippen LogP contribution in [-0.4, -0.2) is 19.0 Å². The van der Waals surface area contributed by atoms with Crippen molar-refractivity contribution in [2.45, 2.75) is 19.3 Å². The minimum Gasteiger partial charge on any atom is -0.350 e. The molecule has 0 spiro atoms. The van der Waals surface area contributed by atoms with Crippen molar-refractivity contribution < 1.29 is 4.79 Å². The Morgan fingerprint density at radius 2 is 2.19 bits per heavy atom. The van der Waals surface area contributed by atoms with Gasteiger partial charge in [0.15, 0.2) is 0 Å². The summed E-state index contributed by atoms with van der Waals surface area (Å²) in [5, 5.41) is 5.06. The average molecular weight is 318 g/mol. The van der Waals surface area contributed by atoms with Gasteiger partial charge in [0.25, 0.3) is 5.91 Å². The predicted octanol–water partition coefficient (Wildman–Crippen LogP) is 2.83. The van der Waals surface area contributed by atoms with Crippen LogP contribution in [0.3, 0.4) is 0 Å². The monoisotopic (exact) mass is 318 g/mol. The van der Waals surface area contributed by atoms with Gasteiger partial charge in [-0.05, 0) is 23.6 Å². The Hall–Kier alpha value is -1.61. The van der Waals surface area contributed by atoms with Gasteiger partial charge in [0.05, 0.1) is 16.3 Å². The highest BCUT2D eigenvalue weighted by Gasteiger charge is 2.23. The number of rotatable bonds is 4. The molecule has 21 heavy (non-hydrogen) atoms. The lowest BCUT2D eigenvalue weighted by Gasteiger charge is -2.23. The quantitative estimate of drug-likeness (QED) is 0.852. The predicted molar refractivity (Wildman–Crippen MR) is 89.9 cm³/mol. The minimum atomic E-state index is -0.0662. The normalized spacial score (nSPS) is 10.8. The Balaban J connectivity index is 1.97. The van der Waals surface area contributed by atoms with Gasteiger partial charge in [-0.1, -0.05) is 31.8 Å². The molecule has 0 unspecified atom stereocenters. The first-order valence-corrected chi connectivity index (χ1v) is 8.33. The number of nitrogens with one attached hydrogen (secondary N) is 1. The molecule has 0 fully saturated rings. The van der Waals surface area contributed by atoms with Crippen LogP contribution < -0.4 is 11.1 Å². The molecule has 1 amide bonds. The summed E-state index contributed by atoms with van der Waals surface area (Å²) in [6, 6.07) is 7.79. The van der Waals surface area contributed by atoms with Crippen molar-refractivity contribution in [3.8, 4) is 11.8 Å². The molecule has 0 radical (unpaired) electrons. The summed E-state index contributed by atoms with van der Waals surface area (Å²) in [6.45, 7) is 5.19. The number of amides is 1. The summed E-state index contributed by atoms with van der Waals surface area (Å²) in [6.07, 6.45) is 0. The van der Waals surface area contributed by atoms with Crippen molar-refractivity contribution in [2.24, 2.45) is 5.73 Å². The highest BCUT2D eigenvalue weighted by atomic mass is 32.1. The van der Waals surface area contributed by atoms with Crippen molar-refractivity contribution >= 4 is 28.6 Å². The minimum absolute atomic E-state index is 0.0505. The fourth-order valence-electron chi connectivity index (χ4n) is 1.80. The van der Waals surface area contributed by atoms with E-state index in [1.54, 1.807) is 17.4 Å². The van der Waals surface area contributed by atoms with Crippen molar-refractivity contribution in [3.05, 3.63) is 44.3 Å². The smallest absolute Gasteiger partial charge is 0.261 e. The van der Waals surface area contributed by atoms with E-state index in [-0.39, 0.29) is 11.3 Å². The van der Waals surface area contributed by atoms with E-state index < -0.39 is 0 Å². The molecule has 0 aliphatic rings. The summed E-state index contributed by atoms with van der Waals surface area (Å²) in [7, 11) is 0. The van der Waals surface area contributed by atoms with Gasteiger partial charge < -0.3 is 11.1 Å². The van der Waals surface area contributed by atoms with Gasteiger partial charge in [-0.25, -0.2) is 0 Å². The molecule has 2 aromatic heterocycles. The molecule has 0 aromatic carbocycles. The van der Waals surface area contributed by atoms with Gasteiger partial charge in [0.2, 0.25) is 0 Å². The van der Waals surface area contributed by atoms with Crippen LogP contribution in [0.5, 0.6) is 0 Å². The van der Waals surface area contributed by atoms with Gasteiger partial charge in [-0.15, -0.1) is 22.7 Å². The summed E-state index contributed by atoms with van der Waals surface area (Å²) >= 11 is 3.10. The standard InChI is InChI=1S/C16H18N2OS2/c1-16(2,14-6-4-10-20-14)11-18-15(19)13-8-7-12(21-13)5-3-9-17/h4,6-8,10H,9,11,17H2,1-2H3,(H,18,19). The van der Waals surface area contributed by atoms with Gasteiger partial charge in [-0.3, -0.25) is 4.79 Å². The van der Waals surface area contributed by atoms with E-state index in [0.29, 0.717) is 18.0 Å². The van der Waals surface area contributed by atoms with Crippen LogP contribution in [-0.2, 0) is 5.41 Å². The third kappa shape index (κ3) is 4.18. The molecule has 0 saturated carbocycles. The lowest BCUT2D eigenvalue weighted by Crippen LogP contribution is -2.35. The first-order valence-electron chi connectivity index (χ1n) is 6.64. The number of nitrogens with two attached hydrogens (primary N) is 1. The van der Waals surface area contributed by atoms with Gasteiger partial charge in [0.1, 0.15) is 0 Å². The second kappa shape index (κ2) is 6.90. The second-order valence-corrected chi connectivity index (χ2v) is 7.25. The second-order valence-electron chi connectivity index (χ2n) is 5.21. The van der Waals surface area contributed by atoms with E-state index >= 15 is 0 Å². The Morgan fingerprint density at radius 1 is 1.38 bits per heavy atom. The molecule has 0 bridgehead atoms. The summed E-state index contributed by atoms with van der Waals surface area (Å²) in [4.78, 5) is 15.0. The molecular weight excluding hydrogens is 300 g/mol. The van der Waals surface area contributed by atoms with Crippen LogP contribution >= 0.6 is 22.7 Å². The van der Waals surface area contributed by atoms with Crippen LogP contribution in [0.2, 0.25) is 0 Å². The summed E-state index contributed by atoms with van der Waals surface area (Å²) in [5.74, 6) is 5.68. The lowest BCUT2D eigenvalue weighted by molar-refractivity contribution is 0.0950. The maximum absolute atomic E-state index is 12.2. The lowest BCUT2D eigenvalue weighted by atomic mass is 9.91. The fraction of sp³-hybridized carbons (Fsp3) is 0.312. The molecule has 5 heteroatoms. The van der Waals surface area contributed by atoms with Crippen molar-refractivity contribution in [1.82, 2.24) is 5.32 Å². The van der Waals surface area contributed by atoms with Crippen LogP contribution in [0.1, 0.15) is 33.3 Å². The van der Waals surface area contributed by atoms with Gasteiger partial charge >= 0.3 is 0 Å². The maximum atomic E-state index is 12.2. The number of hydrogen-bond donors (Lipinski definition) is 2. The van der Waals surface area contributed by atoms with Gasteiger partial charge in [0, 0.05) is 16.8 Å². The first kappa shape index (κ1) is 15.8. The third-order valence-electron chi connectivity index (χ3n) is 3.02. The highest BCUT2D eigenvalue weighted by molar-refractivity contribution is 7.14. The average Bonchev–Trinajstić information content (AvgIpc) is 3.13. The molecule has 0 atom stereocenters. The summed E-state index contributed by atoms with van der Waals surface area (Å²) in [5.41, 5.74) is 5.27. The van der Waals surface area contributed by atoms with E-state index in [1.165, 1.54) is 16.2 Å². The number of thiophene rings is 2. The maximum Gasteiger partial charge on any atom is 0.261 e. The first-order chi connectivity index (χ1) is 10.0. The molecule has 2 rings (SSSR count). The number of carbonyl (C=O) groups is 1. The Labute approximate surface area is 133 Å². The highest BCUT2D eigenvalue weighted by Crippen LogP contribution is 2.26. The van der Waals surface area contributed by atoms with Crippen molar-refractivity contribution in [2.75, 3.05) is 13.1 Å². The van der Waals surface area contributed by atoms with E-state index in [2.05, 4.69) is 42.5 Å². The van der Waals surface area contributed by atoms with E-state index in [1.807, 2.05) is 12.1 Å². The molecule has 0 saturated heterocycles. The van der Waals surface area contributed by atoms with Crippen LogP contribution in [0, 0.1) is 11.8 Å². The zero-order chi connectivity index (χ0) is 15.3. The van der Waals surface area contributed by atoms with Gasteiger partial charge in [-0.2, -0.15) is 0 Å². The zero-order valence-corrected chi connectivity index (χ0v) is 13.7. The Bertz CT molecular complexity index is 660. The molecular formula is C16H18N2OS2. The molecule has 2 aromatic rings. The van der Waals surface area contributed by atoms with Crippen molar-refractivity contribution in [3.63, 3.8) is 0 Å². The third-order valence-corrected chi connectivity index (χ3v) is 5.26. The summed E-state index contributed by atoms with van der Waals surface area (Å²) < 4.78 is 0. The molecule has 2 heterocycles. The van der Waals surface area contributed by atoms with E-state index in [4.69, 9.17) is 5.73 Å². The van der Waals surface area contributed by atoms with Crippen molar-refractivity contribution in [1.29, 1.82) is 0 Å².